The number of allylic oxidation sites excluding steroid dienone is 1. The molecule has 2 amide bonds. The Morgan fingerprint density at radius 2 is 1.38 bits per heavy atom. The highest BCUT2D eigenvalue weighted by molar-refractivity contribution is 6.05. The van der Waals surface area contributed by atoms with E-state index in [4.69, 9.17) is 0 Å². The molecule has 3 aromatic rings. The lowest BCUT2D eigenvalue weighted by Crippen LogP contribution is -2.32. The van der Waals surface area contributed by atoms with E-state index in [1.807, 2.05) is 92.7 Å². The molecule has 2 N–H and O–H groups in total. The first-order chi connectivity index (χ1) is 16.4. The largest absolute Gasteiger partial charge is 0.378 e. The van der Waals surface area contributed by atoms with Gasteiger partial charge >= 0.3 is 0 Å². The van der Waals surface area contributed by atoms with Gasteiger partial charge in [0.15, 0.2) is 0 Å². The minimum Gasteiger partial charge on any atom is -0.378 e. The molecule has 34 heavy (non-hydrogen) atoms. The fourth-order valence-electron chi connectivity index (χ4n) is 3.08. The summed E-state index contributed by atoms with van der Waals surface area (Å²) in [5.74, 6) is -0.902. The van der Waals surface area contributed by atoms with E-state index in [1.54, 1.807) is 36.6 Å². The summed E-state index contributed by atoms with van der Waals surface area (Å²) in [6.07, 6.45) is 5.14. The molecule has 0 aliphatic heterocycles. The molecule has 0 aliphatic carbocycles. The van der Waals surface area contributed by atoms with Crippen molar-refractivity contribution in [2.24, 2.45) is 5.10 Å². The molecular formula is C28H28N4O2. The van der Waals surface area contributed by atoms with Crippen molar-refractivity contribution in [1.82, 2.24) is 10.7 Å². The topological polar surface area (TPSA) is 73.8 Å². The molecule has 0 unspecified atom stereocenters. The monoisotopic (exact) mass is 452 g/mol. The van der Waals surface area contributed by atoms with Crippen LogP contribution >= 0.6 is 0 Å². The second-order valence-corrected chi connectivity index (χ2v) is 7.86. The number of benzene rings is 3. The van der Waals surface area contributed by atoms with Crippen LogP contribution in [0.5, 0.6) is 0 Å². The molecule has 0 atom stereocenters. The van der Waals surface area contributed by atoms with E-state index < -0.39 is 5.91 Å². The van der Waals surface area contributed by atoms with Crippen LogP contribution in [0.25, 0.3) is 12.2 Å². The Morgan fingerprint density at radius 3 is 2.00 bits per heavy atom. The molecule has 3 aromatic carbocycles. The molecule has 172 valence electrons. The van der Waals surface area contributed by atoms with Crippen LogP contribution in [0.4, 0.5) is 5.69 Å². The Hall–Kier alpha value is -4.45. The van der Waals surface area contributed by atoms with Gasteiger partial charge in [0.25, 0.3) is 11.8 Å². The predicted molar refractivity (Wildman–Crippen MR) is 139 cm³/mol. The first-order valence-electron chi connectivity index (χ1n) is 10.8. The van der Waals surface area contributed by atoms with Crippen molar-refractivity contribution in [3.05, 3.63) is 113 Å². The zero-order valence-electron chi connectivity index (χ0n) is 19.5. The number of hydrogen-bond acceptors (Lipinski definition) is 4. The number of anilines is 1. The van der Waals surface area contributed by atoms with E-state index >= 15 is 0 Å². The predicted octanol–water partition coefficient (Wildman–Crippen LogP) is 4.73. The van der Waals surface area contributed by atoms with E-state index in [-0.39, 0.29) is 11.6 Å². The van der Waals surface area contributed by atoms with Gasteiger partial charge < -0.3 is 10.2 Å². The molecule has 0 saturated heterocycles. The second-order valence-electron chi connectivity index (χ2n) is 7.86. The summed E-state index contributed by atoms with van der Waals surface area (Å²) in [6, 6.07) is 26.2. The lowest BCUT2D eigenvalue weighted by molar-refractivity contribution is -0.117. The average molecular weight is 453 g/mol. The van der Waals surface area contributed by atoms with Crippen molar-refractivity contribution in [3.8, 4) is 0 Å². The number of amides is 2. The molecule has 0 saturated carbocycles. The first kappa shape index (κ1) is 24.2. The van der Waals surface area contributed by atoms with Gasteiger partial charge in [-0.3, -0.25) is 9.59 Å². The fraction of sp³-hybridized carbons (Fsp3) is 0.107. The van der Waals surface area contributed by atoms with Gasteiger partial charge in [-0.05, 0) is 54.0 Å². The lowest BCUT2D eigenvalue weighted by atomic mass is 10.1. The summed E-state index contributed by atoms with van der Waals surface area (Å²) in [5, 5.41) is 6.76. The van der Waals surface area contributed by atoms with Crippen LogP contribution in [-0.4, -0.2) is 32.1 Å². The molecule has 0 fully saturated rings. The zero-order valence-corrected chi connectivity index (χ0v) is 19.5. The summed E-state index contributed by atoms with van der Waals surface area (Å²) in [5.41, 5.74) is 6.75. The number of nitrogens with zero attached hydrogens (tertiary/aromatic N) is 2. The minimum atomic E-state index is -0.523. The van der Waals surface area contributed by atoms with E-state index in [0.717, 1.165) is 22.4 Å². The molecule has 6 nitrogen and oxygen atoms in total. The van der Waals surface area contributed by atoms with Gasteiger partial charge in [0.05, 0.1) is 6.21 Å². The summed E-state index contributed by atoms with van der Waals surface area (Å²) in [4.78, 5) is 27.6. The number of nitrogens with one attached hydrogen (secondary N) is 2. The fourth-order valence-corrected chi connectivity index (χ4v) is 3.08. The number of rotatable bonds is 8. The van der Waals surface area contributed by atoms with Gasteiger partial charge in [-0.15, -0.1) is 0 Å². The number of hydrazone groups is 1. The van der Waals surface area contributed by atoms with Crippen molar-refractivity contribution in [3.63, 3.8) is 0 Å². The first-order valence-corrected chi connectivity index (χ1v) is 10.8. The quantitative estimate of drug-likeness (QED) is 0.295. The minimum absolute atomic E-state index is 0.0910. The van der Waals surface area contributed by atoms with Crippen molar-refractivity contribution >= 4 is 35.9 Å². The Balaban J connectivity index is 1.78. The third kappa shape index (κ3) is 7.31. The van der Waals surface area contributed by atoms with Crippen molar-refractivity contribution in [2.75, 3.05) is 19.0 Å². The lowest BCUT2D eigenvalue weighted by Gasteiger charge is -2.12. The van der Waals surface area contributed by atoms with Crippen LogP contribution in [0.3, 0.4) is 0 Å². The summed E-state index contributed by atoms with van der Waals surface area (Å²) < 4.78 is 0. The highest BCUT2D eigenvalue weighted by atomic mass is 16.2. The summed E-state index contributed by atoms with van der Waals surface area (Å²) >= 11 is 0. The SMILES string of the molecule is C/C(C=NNC(=O)/C(=C\c1ccc(N(C)C)cc1)NC(=O)c1ccccc1)=C/c1ccccc1. The molecule has 3 rings (SSSR count). The molecule has 0 aliphatic rings. The maximum atomic E-state index is 12.9. The summed E-state index contributed by atoms with van der Waals surface area (Å²) in [6.45, 7) is 1.89. The Labute approximate surface area is 200 Å². The maximum absolute atomic E-state index is 12.9. The standard InChI is InChI=1S/C28H28N4O2/c1-21(18-22-10-6-4-7-11-22)20-29-31-28(34)26(30-27(33)24-12-8-5-9-13-24)19-23-14-16-25(17-15-23)32(2)3/h4-20H,1-3H3,(H,30,33)(H,31,34)/b21-18-,26-19+,29-20?. The molecule has 0 radical (unpaired) electrons. The zero-order chi connectivity index (χ0) is 24.3. The van der Waals surface area contributed by atoms with Gasteiger partial charge in [0.2, 0.25) is 0 Å². The molecule has 0 heterocycles. The van der Waals surface area contributed by atoms with E-state index in [1.165, 1.54) is 0 Å². The third-order valence-electron chi connectivity index (χ3n) is 4.88. The molecule has 0 bridgehead atoms. The highest BCUT2D eigenvalue weighted by Gasteiger charge is 2.14. The van der Waals surface area contributed by atoms with Crippen LogP contribution < -0.4 is 15.6 Å². The van der Waals surface area contributed by atoms with Gasteiger partial charge in [0.1, 0.15) is 5.70 Å². The van der Waals surface area contributed by atoms with Crippen molar-refractivity contribution < 1.29 is 9.59 Å². The third-order valence-corrected chi connectivity index (χ3v) is 4.88. The average Bonchev–Trinajstić information content (AvgIpc) is 2.85. The van der Waals surface area contributed by atoms with E-state index in [2.05, 4.69) is 15.8 Å². The molecule has 6 heteroatoms. The molecule has 0 spiro atoms. The number of carbonyl (C=O) groups is 2. The maximum Gasteiger partial charge on any atom is 0.287 e. The van der Waals surface area contributed by atoms with Crippen LogP contribution in [0.15, 0.2) is 101 Å². The number of carbonyl (C=O) groups excluding carboxylic acids is 2. The second kappa shape index (κ2) is 12.0. The van der Waals surface area contributed by atoms with Gasteiger partial charge in [-0.1, -0.05) is 66.7 Å². The van der Waals surface area contributed by atoms with Crippen LogP contribution in [0, 0.1) is 0 Å². The van der Waals surface area contributed by atoms with Crippen LogP contribution in [0.1, 0.15) is 28.4 Å². The van der Waals surface area contributed by atoms with Crippen LogP contribution in [-0.2, 0) is 4.79 Å². The summed E-state index contributed by atoms with van der Waals surface area (Å²) in [7, 11) is 3.91. The Kier molecular flexibility index (Phi) is 8.52. The van der Waals surface area contributed by atoms with Gasteiger partial charge in [-0.2, -0.15) is 5.10 Å². The normalized spacial score (nSPS) is 11.9. The van der Waals surface area contributed by atoms with Crippen molar-refractivity contribution in [2.45, 2.75) is 6.92 Å². The Morgan fingerprint density at radius 1 is 0.794 bits per heavy atom. The smallest absolute Gasteiger partial charge is 0.287 e. The molecule has 0 aromatic heterocycles. The Bertz CT molecular complexity index is 1200. The van der Waals surface area contributed by atoms with Crippen LogP contribution in [0.2, 0.25) is 0 Å². The molecular weight excluding hydrogens is 424 g/mol. The number of hydrogen-bond donors (Lipinski definition) is 2. The van der Waals surface area contributed by atoms with E-state index in [9.17, 15) is 9.59 Å². The van der Waals surface area contributed by atoms with Gasteiger partial charge in [-0.25, -0.2) is 5.43 Å². The highest BCUT2D eigenvalue weighted by Crippen LogP contribution is 2.14. The van der Waals surface area contributed by atoms with E-state index in [0.29, 0.717) is 5.56 Å². The van der Waals surface area contributed by atoms with Gasteiger partial charge in [0, 0.05) is 25.3 Å². The van der Waals surface area contributed by atoms with Crippen molar-refractivity contribution in [1.29, 1.82) is 0 Å².